The van der Waals surface area contributed by atoms with Crippen LogP contribution in [-0.4, -0.2) is 20.9 Å². The molecular weight excluding hydrogens is 628 g/mol. The molecule has 0 aliphatic carbocycles. The maximum atomic E-state index is 14.5. The molecule has 7 rings (SSSR count). The molecule has 1 amide bonds. The number of anilines is 1. The highest BCUT2D eigenvalue weighted by Gasteiger charge is 2.23. The predicted octanol–water partition coefficient (Wildman–Crippen LogP) is 9.34. The molecule has 1 N–H and O–H groups in total. The molecule has 0 aliphatic heterocycles. The Hall–Kier alpha value is -5.44. The number of carbonyl (C=O) groups excluding carboxylic acids is 1. The van der Waals surface area contributed by atoms with Crippen LogP contribution in [-0.2, 0) is 19.8 Å². The topological polar surface area (TPSA) is 80.3 Å². The smallest absolute Gasteiger partial charge is 0.262 e. The Balaban J connectivity index is 1.22. The van der Waals surface area contributed by atoms with Crippen molar-refractivity contribution in [2.75, 3.05) is 4.90 Å². The van der Waals surface area contributed by atoms with Crippen molar-refractivity contribution in [1.29, 1.82) is 0 Å². The van der Waals surface area contributed by atoms with E-state index in [1.807, 2.05) is 120 Å². The zero-order chi connectivity index (χ0) is 32.0. The van der Waals surface area contributed by atoms with Gasteiger partial charge in [0.15, 0.2) is 0 Å². The minimum Gasteiger partial charge on any atom is -0.489 e. The average molecular weight is 657 g/mol. The van der Waals surface area contributed by atoms with E-state index in [9.17, 15) is 4.79 Å². The third kappa shape index (κ3) is 7.04. The number of aromatic amines is 1. The van der Waals surface area contributed by atoms with Crippen molar-refractivity contribution in [2.45, 2.75) is 19.8 Å². The van der Waals surface area contributed by atoms with E-state index in [4.69, 9.17) is 21.1 Å². The van der Waals surface area contributed by atoms with Crippen LogP contribution < -0.4 is 14.4 Å². The molecule has 0 saturated carbocycles. The summed E-state index contributed by atoms with van der Waals surface area (Å²) in [5, 5.41) is 5.08. The average Bonchev–Trinajstić information content (AvgIpc) is 3.82. The molecule has 0 aliphatic rings. The quantitative estimate of drug-likeness (QED) is 0.140. The second-order valence-electron chi connectivity index (χ2n) is 10.9. The van der Waals surface area contributed by atoms with Crippen molar-refractivity contribution in [3.63, 3.8) is 0 Å². The van der Waals surface area contributed by atoms with Crippen molar-refractivity contribution >= 4 is 45.6 Å². The fourth-order valence-electron chi connectivity index (χ4n) is 5.29. The van der Waals surface area contributed by atoms with Gasteiger partial charge in [0.05, 0.1) is 17.8 Å². The van der Waals surface area contributed by atoms with Gasteiger partial charge in [-0.05, 0) is 75.4 Å². The molecule has 0 unspecified atom stereocenters. The lowest BCUT2D eigenvalue weighted by Gasteiger charge is -2.24. The van der Waals surface area contributed by atoms with Gasteiger partial charge in [-0.2, -0.15) is 16.3 Å². The van der Waals surface area contributed by atoms with Crippen molar-refractivity contribution in [3.8, 4) is 22.8 Å². The normalized spacial score (nSPS) is 11.0. The Morgan fingerprint density at radius 1 is 0.787 bits per heavy atom. The van der Waals surface area contributed by atoms with Gasteiger partial charge in [-0.25, -0.2) is 4.98 Å². The third-order valence-electron chi connectivity index (χ3n) is 7.68. The van der Waals surface area contributed by atoms with Crippen molar-refractivity contribution < 1.29 is 14.3 Å². The first kappa shape index (κ1) is 30.2. The van der Waals surface area contributed by atoms with Crippen LogP contribution in [0.3, 0.4) is 0 Å². The number of halogens is 1. The first-order chi connectivity index (χ1) is 23.1. The first-order valence-corrected chi connectivity index (χ1v) is 16.3. The number of rotatable bonds is 11. The van der Waals surface area contributed by atoms with Crippen LogP contribution in [0.4, 0.5) is 5.69 Å². The lowest BCUT2D eigenvalue weighted by Crippen LogP contribution is -2.30. The molecule has 7 nitrogen and oxygen atoms in total. The van der Waals surface area contributed by atoms with Crippen molar-refractivity contribution in [3.05, 3.63) is 160 Å². The fourth-order valence-corrected chi connectivity index (χ4v) is 6.12. The highest BCUT2D eigenvalue weighted by Crippen LogP contribution is 2.33. The zero-order valence-corrected chi connectivity index (χ0v) is 26.7. The molecule has 7 aromatic rings. The Morgan fingerprint density at radius 3 is 2.21 bits per heavy atom. The Bertz CT molecular complexity index is 2100. The third-order valence-corrected chi connectivity index (χ3v) is 8.58. The number of nitrogens with one attached hydrogen (secondary N) is 1. The van der Waals surface area contributed by atoms with Crippen LogP contribution in [0.5, 0.6) is 11.5 Å². The van der Waals surface area contributed by atoms with Crippen LogP contribution in [0.15, 0.2) is 132 Å². The van der Waals surface area contributed by atoms with Crippen LogP contribution in [0, 0.1) is 0 Å². The second-order valence-corrected chi connectivity index (χ2v) is 12.0. The molecule has 47 heavy (non-hydrogen) atoms. The van der Waals surface area contributed by atoms with Crippen LogP contribution in [0.25, 0.3) is 22.3 Å². The standard InChI is InChI=1S/C38H29ClN4O3S/c39-38-41-35(33-17-19-40-36(33)42-38)29-11-13-30(14-12-29)43(22-28-18-20-47-25-28)37(44)32-16-15-31(45-23-26-7-3-1-4-8-26)21-34(32)46-24-27-9-5-2-6-10-27/h1-21,25H,22-24H2,(H,40,41,42). The molecule has 4 aromatic carbocycles. The number of amides is 1. The van der Waals surface area contributed by atoms with Gasteiger partial charge in [0.25, 0.3) is 5.91 Å². The number of benzene rings is 4. The van der Waals surface area contributed by atoms with E-state index in [1.165, 1.54) is 0 Å². The minimum atomic E-state index is -0.195. The molecule has 3 heterocycles. The van der Waals surface area contributed by atoms with Gasteiger partial charge in [-0.15, -0.1) is 0 Å². The minimum absolute atomic E-state index is 0.160. The molecular formula is C38H29ClN4O3S. The maximum Gasteiger partial charge on any atom is 0.262 e. The monoisotopic (exact) mass is 656 g/mol. The van der Waals surface area contributed by atoms with E-state index < -0.39 is 0 Å². The summed E-state index contributed by atoms with van der Waals surface area (Å²) in [6.07, 6.45) is 1.81. The lowest BCUT2D eigenvalue weighted by molar-refractivity contribution is 0.0980. The largest absolute Gasteiger partial charge is 0.489 e. The lowest BCUT2D eigenvalue weighted by atomic mass is 10.1. The number of fused-ring (bicyclic) bond motifs is 1. The molecule has 0 fully saturated rings. The SMILES string of the molecule is O=C(c1ccc(OCc2ccccc2)cc1OCc1ccccc1)N(Cc1ccsc1)c1ccc(-c2nc(Cl)nc3[nH]ccc23)cc1. The van der Waals surface area contributed by atoms with Gasteiger partial charge in [-0.3, -0.25) is 4.79 Å². The van der Waals surface area contributed by atoms with Crippen molar-refractivity contribution in [2.24, 2.45) is 0 Å². The van der Waals surface area contributed by atoms with Crippen LogP contribution >= 0.6 is 22.9 Å². The van der Waals surface area contributed by atoms with E-state index in [1.54, 1.807) is 28.4 Å². The highest BCUT2D eigenvalue weighted by atomic mass is 35.5. The number of aromatic nitrogens is 3. The summed E-state index contributed by atoms with van der Waals surface area (Å²) in [5.74, 6) is 0.864. The maximum absolute atomic E-state index is 14.5. The molecule has 0 saturated heterocycles. The van der Waals surface area contributed by atoms with Gasteiger partial charge >= 0.3 is 0 Å². The molecule has 0 atom stereocenters. The summed E-state index contributed by atoms with van der Waals surface area (Å²) in [4.78, 5) is 28.1. The van der Waals surface area contributed by atoms with E-state index >= 15 is 0 Å². The second kappa shape index (κ2) is 13.9. The molecule has 3 aromatic heterocycles. The first-order valence-electron chi connectivity index (χ1n) is 15.0. The van der Waals surface area contributed by atoms with E-state index in [0.717, 1.165) is 33.3 Å². The summed E-state index contributed by atoms with van der Waals surface area (Å²) in [5.41, 5.74) is 6.47. The van der Waals surface area contributed by atoms with E-state index in [2.05, 4.69) is 15.0 Å². The van der Waals surface area contributed by atoms with Gasteiger partial charge in [0.2, 0.25) is 5.28 Å². The molecule has 0 spiro atoms. The van der Waals surface area contributed by atoms with E-state index in [-0.39, 0.29) is 11.2 Å². The molecule has 232 valence electrons. The predicted molar refractivity (Wildman–Crippen MR) is 187 cm³/mol. The fraction of sp³-hybridized carbons (Fsp3) is 0.0789. The summed E-state index contributed by atoms with van der Waals surface area (Å²) in [6, 6.07) is 36.9. The molecule has 0 bridgehead atoms. The molecule has 9 heteroatoms. The highest BCUT2D eigenvalue weighted by molar-refractivity contribution is 7.07. The summed E-state index contributed by atoms with van der Waals surface area (Å²) < 4.78 is 12.4. The Kier molecular flexibility index (Phi) is 8.94. The van der Waals surface area contributed by atoms with Crippen LogP contribution in [0.1, 0.15) is 27.0 Å². The summed E-state index contributed by atoms with van der Waals surface area (Å²) in [7, 11) is 0. The summed E-state index contributed by atoms with van der Waals surface area (Å²) in [6.45, 7) is 1.08. The number of hydrogen-bond acceptors (Lipinski definition) is 6. The van der Waals surface area contributed by atoms with Gasteiger partial charge in [0.1, 0.15) is 30.4 Å². The number of carbonyl (C=O) groups is 1. The van der Waals surface area contributed by atoms with Gasteiger partial charge in [0, 0.05) is 28.9 Å². The number of ether oxygens (including phenoxy) is 2. The zero-order valence-electron chi connectivity index (χ0n) is 25.2. The van der Waals surface area contributed by atoms with Gasteiger partial charge < -0.3 is 19.4 Å². The van der Waals surface area contributed by atoms with Crippen LogP contribution in [0.2, 0.25) is 5.28 Å². The Labute approximate surface area is 281 Å². The number of H-pyrrole nitrogens is 1. The van der Waals surface area contributed by atoms with Crippen molar-refractivity contribution in [1.82, 2.24) is 15.0 Å². The Morgan fingerprint density at radius 2 is 1.51 bits per heavy atom. The number of thiophene rings is 1. The van der Waals surface area contributed by atoms with Gasteiger partial charge in [-0.1, -0.05) is 72.8 Å². The molecule has 0 radical (unpaired) electrons. The summed E-state index contributed by atoms with van der Waals surface area (Å²) >= 11 is 7.82. The number of hydrogen-bond donors (Lipinski definition) is 1. The number of nitrogens with zero attached hydrogens (tertiary/aromatic N) is 3. The van der Waals surface area contributed by atoms with E-state index in [0.29, 0.717) is 48.2 Å².